The van der Waals surface area contributed by atoms with E-state index in [9.17, 15) is 10.1 Å². The van der Waals surface area contributed by atoms with Crippen molar-refractivity contribution in [1.82, 2.24) is 5.32 Å². The van der Waals surface area contributed by atoms with E-state index in [0.29, 0.717) is 0 Å². The van der Waals surface area contributed by atoms with Gasteiger partial charge in [-0.05, 0) is 48.9 Å². The highest BCUT2D eigenvalue weighted by molar-refractivity contribution is 6.07. The van der Waals surface area contributed by atoms with Gasteiger partial charge in [0, 0.05) is 17.9 Å². The summed E-state index contributed by atoms with van der Waals surface area (Å²) in [4.78, 5) is 12.6. The van der Waals surface area contributed by atoms with Gasteiger partial charge in [-0.15, -0.1) is 0 Å². The zero-order valence-electron chi connectivity index (χ0n) is 16.5. The highest BCUT2D eigenvalue weighted by Crippen LogP contribution is 2.21. The Morgan fingerprint density at radius 2 is 1.85 bits per heavy atom. The number of amides is 1. The zero-order valence-corrected chi connectivity index (χ0v) is 16.5. The minimum absolute atomic E-state index is 0.00304. The third kappa shape index (κ3) is 5.21. The van der Waals surface area contributed by atoms with Gasteiger partial charge >= 0.3 is 0 Å². The van der Waals surface area contributed by atoms with Crippen molar-refractivity contribution >= 4 is 11.6 Å². The van der Waals surface area contributed by atoms with Crippen LogP contribution in [0.25, 0.3) is 0 Å². The second-order valence-electron chi connectivity index (χ2n) is 6.57. The molecule has 0 aliphatic rings. The summed E-state index contributed by atoms with van der Waals surface area (Å²) in [7, 11) is 0. The first kappa shape index (κ1) is 20.3. The summed E-state index contributed by atoms with van der Waals surface area (Å²) in [5, 5.41) is 15.4. The van der Waals surface area contributed by atoms with Crippen LogP contribution in [-0.2, 0) is 17.6 Å². The smallest absolute Gasteiger partial charge is 0.267 e. The van der Waals surface area contributed by atoms with Gasteiger partial charge in [-0.25, -0.2) is 0 Å². The molecule has 0 aliphatic heterocycles. The predicted octanol–water partition coefficient (Wildman–Crippen LogP) is 4.82. The molecule has 2 N–H and O–H groups in total. The molecule has 1 unspecified atom stereocenters. The molecule has 0 saturated carbocycles. The summed E-state index contributed by atoms with van der Waals surface area (Å²) in [6.45, 7) is 8.11. The maximum atomic E-state index is 12.6. The predicted molar refractivity (Wildman–Crippen MR) is 110 cm³/mol. The summed E-state index contributed by atoms with van der Waals surface area (Å²) in [5.41, 5.74) is 5.26. The number of aryl methyl sites for hydroxylation is 3. The van der Waals surface area contributed by atoms with Crippen molar-refractivity contribution in [1.29, 1.82) is 5.26 Å². The molecule has 27 heavy (non-hydrogen) atoms. The van der Waals surface area contributed by atoms with Gasteiger partial charge in [0.05, 0.1) is 0 Å². The van der Waals surface area contributed by atoms with Crippen molar-refractivity contribution in [2.75, 3.05) is 5.32 Å². The van der Waals surface area contributed by atoms with Crippen molar-refractivity contribution < 1.29 is 4.79 Å². The lowest BCUT2D eigenvalue weighted by Gasteiger charge is -2.15. The van der Waals surface area contributed by atoms with Crippen LogP contribution in [0.1, 0.15) is 49.1 Å². The van der Waals surface area contributed by atoms with Crippen LogP contribution in [0.15, 0.2) is 54.2 Å². The maximum absolute atomic E-state index is 12.6. The first-order valence-electron chi connectivity index (χ1n) is 9.35. The lowest BCUT2D eigenvalue weighted by Crippen LogP contribution is -2.19. The molecule has 0 spiro atoms. The second kappa shape index (κ2) is 9.59. The molecule has 2 rings (SSSR count). The Hall–Kier alpha value is -3.06. The van der Waals surface area contributed by atoms with Gasteiger partial charge in [-0.2, -0.15) is 5.26 Å². The standard InChI is InChI=1S/C23H27N3O/c1-5-18-10-12-20(13-11-18)17(4)25-15-21(14-24)23(27)26-22-16(3)8-7-9-19(22)6-2/h7-13,15,17,25H,5-6H2,1-4H3,(H,26,27)/b21-15-. The largest absolute Gasteiger partial charge is 0.383 e. The van der Waals surface area contributed by atoms with Gasteiger partial charge in [0.15, 0.2) is 0 Å². The summed E-state index contributed by atoms with van der Waals surface area (Å²) in [5.74, 6) is -0.400. The Labute approximate surface area is 161 Å². The Kier molecular flexibility index (Phi) is 7.19. The summed E-state index contributed by atoms with van der Waals surface area (Å²) >= 11 is 0. The number of hydrogen-bond acceptors (Lipinski definition) is 3. The fourth-order valence-electron chi connectivity index (χ4n) is 2.88. The second-order valence-corrected chi connectivity index (χ2v) is 6.57. The van der Waals surface area contributed by atoms with Crippen LogP contribution in [0.2, 0.25) is 0 Å². The molecule has 4 heteroatoms. The Morgan fingerprint density at radius 3 is 2.44 bits per heavy atom. The number of nitrogens with one attached hydrogen (secondary N) is 2. The van der Waals surface area contributed by atoms with Crippen molar-refractivity contribution in [3.05, 3.63) is 76.5 Å². The fraction of sp³-hybridized carbons (Fsp3) is 0.304. The van der Waals surface area contributed by atoms with Gasteiger partial charge in [-0.3, -0.25) is 4.79 Å². The molecule has 140 valence electrons. The van der Waals surface area contributed by atoms with Crippen molar-refractivity contribution in [3.8, 4) is 6.07 Å². The molecule has 2 aromatic rings. The van der Waals surface area contributed by atoms with Crippen LogP contribution in [0, 0.1) is 18.3 Å². The van der Waals surface area contributed by atoms with Crippen molar-refractivity contribution in [2.45, 2.75) is 46.6 Å². The number of carbonyl (C=O) groups is 1. The molecule has 0 fully saturated rings. The van der Waals surface area contributed by atoms with Gasteiger partial charge in [-0.1, -0.05) is 56.3 Å². The van der Waals surface area contributed by atoms with E-state index in [4.69, 9.17) is 0 Å². The van der Waals surface area contributed by atoms with Crippen LogP contribution in [0.5, 0.6) is 0 Å². The van der Waals surface area contributed by atoms with E-state index < -0.39 is 5.91 Å². The van der Waals surface area contributed by atoms with E-state index in [0.717, 1.165) is 35.2 Å². The highest BCUT2D eigenvalue weighted by atomic mass is 16.1. The molecule has 0 heterocycles. The zero-order chi connectivity index (χ0) is 19.8. The van der Waals surface area contributed by atoms with E-state index >= 15 is 0 Å². The van der Waals surface area contributed by atoms with Gasteiger partial charge in [0.2, 0.25) is 0 Å². The molecule has 1 atom stereocenters. The monoisotopic (exact) mass is 361 g/mol. The summed E-state index contributed by atoms with van der Waals surface area (Å²) in [6.07, 6.45) is 3.31. The Morgan fingerprint density at radius 1 is 1.15 bits per heavy atom. The molecule has 0 aliphatic carbocycles. The lowest BCUT2D eigenvalue weighted by atomic mass is 10.0. The topological polar surface area (TPSA) is 64.9 Å². The quantitative estimate of drug-likeness (QED) is 0.549. The SMILES string of the molecule is CCc1ccc(C(C)N/C=C(/C#N)C(=O)Nc2c(C)cccc2CC)cc1. The first-order valence-corrected chi connectivity index (χ1v) is 9.35. The number of nitrogens with zero attached hydrogens (tertiary/aromatic N) is 1. The van der Waals surface area contributed by atoms with E-state index in [1.54, 1.807) is 0 Å². The van der Waals surface area contributed by atoms with E-state index in [1.807, 2.05) is 45.0 Å². The molecule has 0 radical (unpaired) electrons. The molecule has 4 nitrogen and oxygen atoms in total. The molecule has 1 amide bonds. The Balaban J connectivity index is 2.11. The number of rotatable bonds is 7. The van der Waals surface area contributed by atoms with Crippen LogP contribution >= 0.6 is 0 Å². The number of nitriles is 1. The molecule has 0 aromatic heterocycles. The van der Waals surface area contributed by atoms with E-state index in [1.165, 1.54) is 11.8 Å². The molecule has 2 aromatic carbocycles. The Bertz CT molecular complexity index is 860. The minimum atomic E-state index is -0.400. The van der Waals surface area contributed by atoms with Gasteiger partial charge < -0.3 is 10.6 Å². The normalized spacial score (nSPS) is 12.2. The van der Waals surface area contributed by atoms with Crippen LogP contribution < -0.4 is 10.6 Å². The molecule has 0 saturated heterocycles. The number of carbonyl (C=O) groups excluding carboxylic acids is 1. The number of benzene rings is 2. The fourth-order valence-corrected chi connectivity index (χ4v) is 2.88. The van der Waals surface area contributed by atoms with E-state index in [2.05, 4.69) is 41.8 Å². The summed E-state index contributed by atoms with van der Waals surface area (Å²) in [6, 6.07) is 16.2. The average Bonchev–Trinajstić information content (AvgIpc) is 2.69. The highest BCUT2D eigenvalue weighted by Gasteiger charge is 2.13. The van der Waals surface area contributed by atoms with Crippen LogP contribution in [0.4, 0.5) is 5.69 Å². The lowest BCUT2D eigenvalue weighted by molar-refractivity contribution is -0.112. The molecule has 0 bridgehead atoms. The molecular formula is C23H27N3O. The molecular weight excluding hydrogens is 334 g/mol. The number of hydrogen-bond donors (Lipinski definition) is 2. The van der Waals surface area contributed by atoms with Gasteiger partial charge in [0.25, 0.3) is 5.91 Å². The third-order valence-corrected chi connectivity index (χ3v) is 4.71. The number of anilines is 1. The van der Waals surface area contributed by atoms with Crippen LogP contribution in [0.3, 0.4) is 0 Å². The van der Waals surface area contributed by atoms with Crippen molar-refractivity contribution in [2.24, 2.45) is 0 Å². The first-order chi connectivity index (χ1) is 13.0. The van der Waals surface area contributed by atoms with Crippen LogP contribution in [-0.4, -0.2) is 5.91 Å². The average molecular weight is 361 g/mol. The van der Waals surface area contributed by atoms with Crippen molar-refractivity contribution in [3.63, 3.8) is 0 Å². The van der Waals surface area contributed by atoms with E-state index in [-0.39, 0.29) is 11.6 Å². The number of para-hydroxylation sites is 1. The minimum Gasteiger partial charge on any atom is -0.383 e. The summed E-state index contributed by atoms with van der Waals surface area (Å²) < 4.78 is 0. The van der Waals surface area contributed by atoms with Gasteiger partial charge in [0.1, 0.15) is 11.6 Å². The third-order valence-electron chi connectivity index (χ3n) is 4.71. The maximum Gasteiger partial charge on any atom is 0.267 e.